The standard InChI is InChI=1S/C36H31NO2S/c1-35(34(38)39,37-33(28-17-7-2-8-18-28)29-19-9-3-10-20-29)27-40-36(30-21-11-4-12-22-30,31-23-13-5-14-24-31)32-25-15-6-16-26-32/h2-26H,27H2,1H3,(H,38,39). The average Bonchev–Trinajstić information content (AvgIpc) is 3.02. The SMILES string of the molecule is CC(CSC(c1ccccc1)(c1ccccc1)c1ccccc1)(N=C(c1ccccc1)c1ccccc1)C(=O)O. The Balaban J connectivity index is 1.66. The maximum atomic E-state index is 13.0. The van der Waals surface area contributed by atoms with Gasteiger partial charge in [-0.1, -0.05) is 152 Å². The summed E-state index contributed by atoms with van der Waals surface area (Å²) >= 11 is 1.61. The van der Waals surface area contributed by atoms with Crippen molar-refractivity contribution < 1.29 is 9.90 Å². The normalized spacial score (nSPS) is 12.7. The van der Waals surface area contributed by atoms with Gasteiger partial charge in [-0.3, -0.25) is 4.99 Å². The van der Waals surface area contributed by atoms with Crippen LogP contribution < -0.4 is 0 Å². The molecule has 1 atom stereocenters. The van der Waals surface area contributed by atoms with Crippen LogP contribution in [0.4, 0.5) is 0 Å². The third-order valence-corrected chi connectivity index (χ3v) is 8.87. The van der Waals surface area contributed by atoms with E-state index in [0.717, 1.165) is 27.8 Å². The van der Waals surface area contributed by atoms with Gasteiger partial charge in [-0.05, 0) is 23.6 Å². The molecule has 5 aromatic rings. The van der Waals surface area contributed by atoms with E-state index in [1.165, 1.54) is 0 Å². The molecule has 40 heavy (non-hydrogen) atoms. The predicted molar refractivity (Wildman–Crippen MR) is 166 cm³/mol. The molecule has 0 spiro atoms. The number of nitrogens with zero attached hydrogens (tertiary/aromatic N) is 1. The fourth-order valence-electron chi connectivity index (χ4n) is 4.89. The largest absolute Gasteiger partial charge is 0.479 e. The number of carboxylic acids is 1. The van der Waals surface area contributed by atoms with Crippen LogP contribution >= 0.6 is 11.8 Å². The predicted octanol–water partition coefficient (Wildman–Crippen LogP) is 8.09. The molecule has 4 heteroatoms. The van der Waals surface area contributed by atoms with Crippen LogP contribution in [0.1, 0.15) is 34.7 Å². The molecule has 0 fully saturated rings. The van der Waals surface area contributed by atoms with Crippen molar-refractivity contribution in [3.05, 3.63) is 179 Å². The second kappa shape index (κ2) is 12.2. The van der Waals surface area contributed by atoms with Crippen molar-refractivity contribution in [1.82, 2.24) is 0 Å². The monoisotopic (exact) mass is 541 g/mol. The Kier molecular flexibility index (Phi) is 8.28. The summed E-state index contributed by atoms with van der Waals surface area (Å²) in [5.41, 5.74) is 4.27. The topological polar surface area (TPSA) is 49.7 Å². The molecule has 5 rings (SSSR count). The quantitative estimate of drug-likeness (QED) is 0.144. The Hall–Kier alpha value is -4.41. The lowest BCUT2D eigenvalue weighted by molar-refractivity contribution is -0.141. The Morgan fingerprint density at radius 2 is 0.925 bits per heavy atom. The number of carbonyl (C=O) groups is 1. The molecule has 0 aliphatic carbocycles. The van der Waals surface area contributed by atoms with Gasteiger partial charge in [0.25, 0.3) is 0 Å². The molecule has 0 radical (unpaired) electrons. The minimum atomic E-state index is -1.41. The first-order valence-corrected chi connectivity index (χ1v) is 14.3. The molecule has 0 aliphatic heterocycles. The molecule has 0 amide bonds. The molecule has 0 heterocycles. The molecule has 0 saturated heterocycles. The molecule has 5 aromatic carbocycles. The number of aliphatic imine (C=N–C) groups is 1. The molecule has 0 bridgehead atoms. The summed E-state index contributed by atoms with van der Waals surface area (Å²) in [4.78, 5) is 18.1. The van der Waals surface area contributed by atoms with Crippen LogP contribution in [-0.4, -0.2) is 28.1 Å². The second-order valence-electron chi connectivity index (χ2n) is 9.84. The van der Waals surface area contributed by atoms with Gasteiger partial charge in [0.05, 0.1) is 10.5 Å². The highest BCUT2D eigenvalue weighted by atomic mass is 32.2. The Bertz CT molecular complexity index is 1420. The zero-order valence-corrected chi connectivity index (χ0v) is 23.2. The Morgan fingerprint density at radius 3 is 1.25 bits per heavy atom. The van der Waals surface area contributed by atoms with Crippen molar-refractivity contribution in [2.45, 2.75) is 17.2 Å². The fraction of sp³-hybridized carbons (Fsp3) is 0.111. The summed E-state index contributed by atoms with van der Waals surface area (Å²) in [6, 6.07) is 50.6. The van der Waals surface area contributed by atoms with Gasteiger partial charge < -0.3 is 5.11 Å². The van der Waals surface area contributed by atoms with Crippen molar-refractivity contribution in [3.63, 3.8) is 0 Å². The lowest BCUT2D eigenvalue weighted by atomic mass is 9.84. The van der Waals surface area contributed by atoms with E-state index in [9.17, 15) is 9.90 Å². The van der Waals surface area contributed by atoms with Crippen molar-refractivity contribution in [1.29, 1.82) is 0 Å². The van der Waals surface area contributed by atoms with Crippen LogP contribution in [-0.2, 0) is 9.54 Å². The van der Waals surface area contributed by atoms with Crippen LogP contribution in [0.3, 0.4) is 0 Å². The third kappa shape index (κ3) is 5.63. The molecular formula is C36H31NO2S. The summed E-state index contributed by atoms with van der Waals surface area (Å²) in [6.07, 6.45) is 0. The van der Waals surface area contributed by atoms with Crippen molar-refractivity contribution in [2.24, 2.45) is 4.99 Å². The van der Waals surface area contributed by atoms with Gasteiger partial charge in [-0.25, -0.2) is 4.79 Å². The summed E-state index contributed by atoms with van der Waals surface area (Å²) in [6.45, 7) is 1.72. The second-order valence-corrected chi connectivity index (χ2v) is 11.0. The molecule has 3 nitrogen and oxygen atoms in total. The number of hydrogen-bond donors (Lipinski definition) is 1. The highest BCUT2D eigenvalue weighted by Crippen LogP contribution is 2.49. The maximum Gasteiger partial charge on any atom is 0.332 e. The van der Waals surface area contributed by atoms with E-state index in [1.807, 2.05) is 115 Å². The highest BCUT2D eigenvalue weighted by Gasteiger charge is 2.42. The van der Waals surface area contributed by atoms with Gasteiger partial charge in [0, 0.05) is 16.9 Å². The Morgan fingerprint density at radius 1 is 0.600 bits per heavy atom. The van der Waals surface area contributed by atoms with Crippen molar-refractivity contribution in [2.75, 3.05) is 5.75 Å². The molecule has 1 unspecified atom stereocenters. The third-order valence-electron chi connectivity index (χ3n) is 7.02. The molecule has 0 aliphatic rings. The van der Waals surface area contributed by atoms with E-state index in [-0.39, 0.29) is 5.75 Å². The lowest BCUT2D eigenvalue weighted by Gasteiger charge is -2.37. The van der Waals surface area contributed by atoms with Gasteiger partial charge in [0.2, 0.25) is 0 Å². The maximum absolute atomic E-state index is 13.0. The van der Waals surface area contributed by atoms with Gasteiger partial charge in [0.1, 0.15) is 0 Å². The first-order chi connectivity index (χ1) is 19.5. The smallest absolute Gasteiger partial charge is 0.332 e. The van der Waals surface area contributed by atoms with E-state index in [0.29, 0.717) is 5.71 Å². The summed E-state index contributed by atoms with van der Waals surface area (Å²) in [7, 11) is 0. The number of rotatable bonds is 10. The fourth-order valence-corrected chi connectivity index (χ4v) is 6.49. The molecule has 198 valence electrons. The first kappa shape index (κ1) is 27.2. The molecule has 0 saturated carbocycles. The van der Waals surface area contributed by atoms with Gasteiger partial charge in [-0.2, -0.15) is 0 Å². The molecule has 0 aromatic heterocycles. The summed E-state index contributed by atoms with van der Waals surface area (Å²) in [5.74, 6) is -0.725. The number of thioether (sulfide) groups is 1. The number of hydrogen-bond acceptors (Lipinski definition) is 3. The van der Waals surface area contributed by atoms with Gasteiger partial charge >= 0.3 is 5.97 Å². The van der Waals surface area contributed by atoms with Crippen LogP contribution in [0.15, 0.2) is 157 Å². The lowest BCUT2D eigenvalue weighted by Crippen LogP contribution is -2.40. The summed E-state index contributed by atoms with van der Waals surface area (Å²) < 4.78 is -0.643. The zero-order chi connectivity index (χ0) is 27.8. The van der Waals surface area contributed by atoms with Crippen LogP contribution in [0.5, 0.6) is 0 Å². The van der Waals surface area contributed by atoms with Gasteiger partial charge in [0.15, 0.2) is 5.54 Å². The van der Waals surface area contributed by atoms with E-state index in [4.69, 9.17) is 4.99 Å². The molecular weight excluding hydrogens is 510 g/mol. The number of carboxylic acid groups (broad SMARTS) is 1. The minimum Gasteiger partial charge on any atom is -0.479 e. The van der Waals surface area contributed by atoms with Crippen molar-refractivity contribution >= 4 is 23.4 Å². The van der Waals surface area contributed by atoms with Crippen LogP contribution in [0.25, 0.3) is 0 Å². The summed E-state index contributed by atoms with van der Waals surface area (Å²) in [5, 5.41) is 10.7. The van der Waals surface area contributed by atoms with E-state index < -0.39 is 16.3 Å². The minimum absolute atomic E-state index is 0.240. The number of benzene rings is 5. The highest BCUT2D eigenvalue weighted by molar-refractivity contribution is 8.00. The van der Waals surface area contributed by atoms with E-state index in [2.05, 4.69) is 36.4 Å². The van der Waals surface area contributed by atoms with E-state index in [1.54, 1.807) is 18.7 Å². The van der Waals surface area contributed by atoms with Crippen molar-refractivity contribution in [3.8, 4) is 0 Å². The number of aliphatic carboxylic acids is 1. The Labute approximate surface area is 240 Å². The molecule has 1 N–H and O–H groups in total. The van der Waals surface area contributed by atoms with E-state index >= 15 is 0 Å². The average molecular weight is 542 g/mol. The van der Waals surface area contributed by atoms with Crippen LogP contribution in [0.2, 0.25) is 0 Å². The van der Waals surface area contributed by atoms with Gasteiger partial charge in [-0.15, -0.1) is 11.8 Å². The zero-order valence-electron chi connectivity index (χ0n) is 22.4. The van der Waals surface area contributed by atoms with Crippen LogP contribution in [0, 0.1) is 0 Å². The first-order valence-electron chi connectivity index (χ1n) is 13.3.